The Morgan fingerprint density at radius 2 is 2.00 bits per heavy atom. The van der Waals surface area contributed by atoms with E-state index in [0.29, 0.717) is 24.1 Å². The van der Waals surface area contributed by atoms with Crippen LogP contribution in [0.4, 0.5) is 4.39 Å². The van der Waals surface area contributed by atoms with Crippen LogP contribution in [-0.2, 0) is 0 Å². The normalized spacial score (nSPS) is 19.9. The first kappa shape index (κ1) is 19.7. The van der Waals surface area contributed by atoms with E-state index in [1.54, 1.807) is 0 Å². The van der Waals surface area contributed by atoms with Gasteiger partial charge in [-0.25, -0.2) is 4.39 Å². The van der Waals surface area contributed by atoms with Crippen molar-refractivity contribution in [3.8, 4) is 22.8 Å². The first-order valence-electron chi connectivity index (χ1n) is 9.11. The molecular formula is C21H19ClFNO5. The highest BCUT2D eigenvalue weighted by Crippen LogP contribution is 2.44. The van der Waals surface area contributed by atoms with Gasteiger partial charge in [0, 0.05) is 35.2 Å². The van der Waals surface area contributed by atoms with Crippen LogP contribution >= 0.6 is 11.6 Å². The molecule has 1 aromatic heterocycles. The molecule has 2 heterocycles. The van der Waals surface area contributed by atoms with E-state index in [-0.39, 0.29) is 46.1 Å². The van der Waals surface area contributed by atoms with Crippen molar-refractivity contribution in [1.82, 2.24) is 4.90 Å². The molecule has 152 valence electrons. The van der Waals surface area contributed by atoms with Crippen molar-refractivity contribution in [3.05, 3.63) is 57.0 Å². The van der Waals surface area contributed by atoms with Crippen LogP contribution in [0.3, 0.4) is 0 Å². The van der Waals surface area contributed by atoms with E-state index in [1.807, 2.05) is 11.9 Å². The molecule has 2 atom stereocenters. The second-order valence-corrected chi connectivity index (χ2v) is 7.66. The largest absolute Gasteiger partial charge is 0.507 e. The monoisotopic (exact) mass is 419 g/mol. The van der Waals surface area contributed by atoms with Crippen LogP contribution in [0.5, 0.6) is 11.5 Å². The Balaban J connectivity index is 2.01. The summed E-state index contributed by atoms with van der Waals surface area (Å²) in [5, 5.41) is 30.7. The molecule has 1 aliphatic heterocycles. The molecule has 6 nitrogen and oxygen atoms in total. The molecule has 0 saturated carbocycles. The number of likely N-dealkylation sites (tertiary alicyclic amines) is 1. The molecule has 29 heavy (non-hydrogen) atoms. The van der Waals surface area contributed by atoms with Gasteiger partial charge in [0.2, 0.25) is 0 Å². The second kappa shape index (κ2) is 7.33. The minimum absolute atomic E-state index is 0.0316. The van der Waals surface area contributed by atoms with Gasteiger partial charge in [-0.05, 0) is 38.2 Å². The lowest BCUT2D eigenvalue weighted by molar-refractivity contribution is 0.172. The van der Waals surface area contributed by atoms with Gasteiger partial charge in [0.15, 0.2) is 5.43 Å². The zero-order chi connectivity index (χ0) is 20.9. The molecule has 1 fully saturated rings. The molecule has 8 heteroatoms. The van der Waals surface area contributed by atoms with Crippen LogP contribution in [0, 0.1) is 5.82 Å². The van der Waals surface area contributed by atoms with Gasteiger partial charge in [-0.2, -0.15) is 0 Å². The molecule has 0 radical (unpaired) electrons. The van der Waals surface area contributed by atoms with Crippen molar-refractivity contribution in [1.29, 1.82) is 0 Å². The summed E-state index contributed by atoms with van der Waals surface area (Å²) in [6.45, 7) is 0.544. The number of likely N-dealkylation sites (N-methyl/N-ethyl adjacent to an activating group) is 1. The number of phenols is 2. The fourth-order valence-electron chi connectivity index (χ4n) is 4.11. The number of fused-ring (bicyclic) bond motifs is 1. The number of hydrogen-bond donors (Lipinski definition) is 3. The molecule has 1 saturated heterocycles. The SMILES string of the molecule is CN1CC[C@H](c2c(O)cc(O)c3c(=O)cc(-c4ccc(F)cc4Cl)oc23)[C@H]1CO. The summed E-state index contributed by atoms with van der Waals surface area (Å²) < 4.78 is 19.4. The Morgan fingerprint density at radius 3 is 2.69 bits per heavy atom. The molecular weight excluding hydrogens is 401 g/mol. The fraction of sp³-hybridized carbons (Fsp3) is 0.286. The Hall–Kier alpha value is -2.61. The highest BCUT2D eigenvalue weighted by Gasteiger charge is 2.36. The zero-order valence-electron chi connectivity index (χ0n) is 15.5. The van der Waals surface area contributed by atoms with Crippen molar-refractivity contribution in [2.45, 2.75) is 18.4 Å². The number of aromatic hydroxyl groups is 2. The Labute approximate surface area is 170 Å². The van der Waals surface area contributed by atoms with Gasteiger partial charge in [0.25, 0.3) is 0 Å². The Bertz CT molecular complexity index is 1160. The summed E-state index contributed by atoms with van der Waals surface area (Å²) in [4.78, 5) is 14.7. The van der Waals surface area contributed by atoms with Crippen molar-refractivity contribution in [3.63, 3.8) is 0 Å². The standard InChI is InChI=1S/C21H19ClFNO5/c1-24-5-4-12(14(24)9-25)19-15(26)7-16(27)20-17(28)8-18(29-21(19)20)11-3-2-10(23)6-13(11)22/h2-3,6-8,12,14,25-27H,4-5,9H2,1H3/t12-,14+/m0/s1. The third-order valence-corrected chi connectivity index (χ3v) is 5.89. The number of nitrogens with zero attached hydrogens (tertiary/aromatic N) is 1. The Morgan fingerprint density at radius 1 is 1.24 bits per heavy atom. The minimum Gasteiger partial charge on any atom is -0.507 e. The van der Waals surface area contributed by atoms with E-state index < -0.39 is 17.0 Å². The van der Waals surface area contributed by atoms with Gasteiger partial charge in [0.05, 0.1) is 11.6 Å². The molecule has 0 aliphatic carbocycles. The van der Waals surface area contributed by atoms with E-state index >= 15 is 0 Å². The second-order valence-electron chi connectivity index (χ2n) is 7.26. The zero-order valence-corrected chi connectivity index (χ0v) is 16.3. The van der Waals surface area contributed by atoms with E-state index in [9.17, 15) is 24.5 Å². The topological polar surface area (TPSA) is 94.1 Å². The number of halogens is 2. The van der Waals surface area contributed by atoms with E-state index in [0.717, 1.165) is 12.1 Å². The van der Waals surface area contributed by atoms with Crippen LogP contribution in [0.1, 0.15) is 17.9 Å². The molecule has 0 spiro atoms. The van der Waals surface area contributed by atoms with Gasteiger partial charge in [0.1, 0.15) is 34.0 Å². The van der Waals surface area contributed by atoms with Crippen LogP contribution in [-0.4, -0.2) is 46.5 Å². The Kier molecular flexibility index (Phi) is 4.98. The maximum Gasteiger partial charge on any atom is 0.197 e. The average molecular weight is 420 g/mol. The van der Waals surface area contributed by atoms with Crippen molar-refractivity contribution < 1.29 is 24.1 Å². The lowest BCUT2D eigenvalue weighted by atomic mass is 9.89. The molecule has 3 N–H and O–H groups in total. The van der Waals surface area contributed by atoms with Crippen LogP contribution < -0.4 is 5.43 Å². The highest BCUT2D eigenvalue weighted by atomic mass is 35.5. The van der Waals surface area contributed by atoms with Crippen molar-refractivity contribution in [2.24, 2.45) is 0 Å². The summed E-state index contributed by atoms with van der Waals surface area (Å²) in [7, 11) is 1.86. The number of hydrogen-bond acceptors (Lipinski definition) is 6. The summed E-state index contributed by atoms with van der Waals surface area (Å²) in [6.07, 6.45) is 0.625. The molecule has 1 aliphatic rings. The van der Waals surface area contributed by atoms with Crippen molar-refractivity contribution >= 4 is 22.6 Å². The molecule has 2 aromatic carbocycles. The number of aliphatic hydroxyl groups is 1. The van der Waals surface area contributed by atoms with E-state index in [1.165, 1.54) is 18.2 Å². The average Bonchev–Trinajstić information content (AvgIpc) is 3.01. The van der Waals surface area contributed by atoms with E-state index in [4.69, 9.17) is 16.0 Å². The quantitative estimate of drug-likeness (QED) is 0.602. The first-order chi connectivity index (χ1) is 13.8. The summed E-state index contributed by atoms with van der Waals surface area (Å²) in [5.74, 6) is -1.38. The number of rotatable bonds is 3. The van der Waals surface area contributed by atoms with Gasteiger partial charge < -0.3 is 24.6 Å². The first-order valence-corrected chi connectivity index (χ1v) is 9.48. The van der Waals surface area contributed by atoms with E-state index in [2.05, 4.69) is 0 Å². The predicted molar refractivity (Wildman–Crippen MR) is 107 cm³/mol. The number of benzene rings is 2. The van der Waals surface area contributed by atoms with Gasteiger partial charge >= 0.3 is 0 Å². The molecule has 0 amide bonds. The highest BCUT2D eigenvalue weighted by molar-refractivity contribution is 6.33. The molecule has 0 bridgehead atoms. The van der Waals surface area contributed by atoms with Crippen LogP contribution in [0.2, 0.25) is 5.02 Å². The summed E-state index contributed by atoms with van der Waals surface area (Å²) >= 11 is 6.12. The van der Waals surface area contributed by atoms with Crippen LogP contribution in [0.25, 0.3) is 22.3 Å². The lowest BCUT2D eigenvalue weighted by Crippen LogP contribution is -2.32. The third-order valence-electron chi connectivity index (χ3n) is 5.58. The maximum atomic E-state index is 13.4. The smallest absolute Gasteiger partial charge is 0.197 e. The van der Waals surface area contributed by atoms with Crippen LogP contribution in [0.15, 0.2) is 39.5 Å². The number of phenolic OH excluding ortho intramolecular Hbond substituents is 2. The summed E-state index contributed by atoms with van der Waals surface area (Å²) in [5.41, 5.74) is 0.165. The molecule has 0 unspecified atom stereocenters. The molecule has 3 aromatic rings. The van der Waals surface area contributed by atoms with Crippen molar-refractivity contribution in [2.75, 3.05) is 20.2 Å². The minimum atomic E-state index is -0.530. The number of aliphatic hydroxyl groups excluding tert-OH is 1. The maximum absolute atomic E-state index is 13.4. The fourth-order valence-corrected chi connectivity index (χ4v) is 4.37. The lowest BCUT2D eigenvalue weighted by Gasteiger charge is -2.24. The third kappa shape index (κ3) is 3.25. The summed E-state index contributed by atoms with van der Waals surface area (Å²) in [6, 6.07) is 5.70. The van der Waals surface area contributed by atoms with Gasteiger partial charge in [-0.1, -0.05) is 11.6 Å². The van der Waals surface area contributed by atoms with Gasteiger partial charge in [-0.3, -0.25) is 4.79 Å². The molecule has 4 rings (SSSR count). The van der Waals surface area contributed by atoms with Gasteiger partial charge in [-0.15, -0.1) is 0 Å². The predicted octanol–water partition coefficient (Wildman–Crippen LogP) is 3.44.